The summed E-state index contributed by atoms with van der Waals surface area (Å²) < 4.78 is 90.1. The molecule has 2 saturated heterocycles. The third-order valence-electron chi connectivity index (χ3n) is 8.10. The van der Waals surface area contributed by atoms with Crippen molar-refractivity contribution in [3.05, 3.63) is 105 Å². The molecule has 2 atom stereocenters. The number of ether oxygens (including phenoxy) is 2. The van der Waals surface area contributed by atoms with Crippen molar-refractivity contribution in [2.45, 2.75) is 38.3 Å². The Labute approximate surface area is 271 Å². The molecule has 0 aliphatic carbocycles. The molecule has 2 aromatic carbocycles. The minimum atomic E-state index is -4.49. The average Bonchev–Trinajstić information content (AvgIpc) is 3.04. The molecule has 8 nitrogen and oxygen atoms in total. The van der Waals surface area contributed by atoms with Crippen molar-refractivity contribution < 1.29 is 35.8 Å². The summed E-state index contributed by atoms with van der Waals surface area (Å²) in [6, 6.07) is 16.5. The number of nitrogens with zero attached hydrogens (tertiary/aromatic N) is 2. The van der Waals surface area contributed by atoms with Gasteiger partial charge in [-0.05, 0) is 38.1 Å². The highest BCUT2D eigenvalue weighted by molar-refractivity contribution is 5.69. The van der Waals surface area contributed by atoms with Gasteiger partial charge in [-0.15, -0.1) is 0 Å². The van der Waals surface area contributed by atoms with Gasteiger partial charge in [-0.3, -0.25) is 9.59 Å². The zero-order valence-corrected chi connectivity index (χ0v) is 26.1. The molecule has 0 unspecified atom stereocenters. The van der Waals surface area contributed by atoms with Crippen LogP contribution in [-0.4, -0.2) is 61.6 Å². The highest BCUT2D eigenvalue weighted by atomic mass is 19.4. The fourth-order valence-corrected chi connectivity index (χ4v) is 5.83. The Morgan fingerprint density at radius 1 is 0.625 bits per heavy atom. The van der Waals surface area contributed by atoms with E-state index in [0.717, 1.165) is 12.1 Å². The number of aromatic amines is 2. The van der Waals surface area contributed by atoms with Crippen molar-refractivity contribution in [2.75, 3.05) is 49.3 Å². The average molecular weight is 677 g/mol. The number of H-pyrrole nitrogens is 2. The van der Waals surface area contributed by atoms with Crippen LogP contribution in [0.25, 0.3) is 22.5 Å². The van der Waals surface area contributed by atoms with Gasteiger partial charge < -0.3 is 29.2 Å². The zero-order chi connectivity index (χ0) is 34.6. The van der Waals surface area contributed by atoms with Crippen molar-refractivity contribution in [3.63, 3.8) is 0 Å². The first kappa shape index (κ1) is 34.8. The Hall–Kier alpha value is -4.56. The largest absolute Gasteiger partial charge is 0.417 e. The second-order valence-electron chi connectivity index (χ2n) is 11.6. The normalized spacial score (nSPS) is 18.7. The molecule has 2 N–H and O–H groups in total. The molecule has 2 aliphatic heterocycles. The van der Waals surface area contributed by atoms with Crippen molar-refractivity contribution in [3.8, 4) is 22.5 Å². The van der Waals surface area contributed by atoms with Crippen LogP contribution in [0.2, 0.25) is 0 Å². The molecule has 4 aromatic rings. The smallest absolute Gasteiger partial charge is 0.377 e. The Morgan fingerprint density at radius 3 is 1.35 bits per heavy atom. The molecule has 48 heavy (non-hydrogen) atoms. The minimum Gasteiger partial charge on any atom is -0.377 e. The minimum absolute atomic E-state index is 0.0372. The maximum atomic E-state index is 13.2. The number of anilines is 2. The summed E-state index contributed by atoms with van der Waals surface area (Å²) >= 11 is 0. The van der Waals surface area contributed by atoms with Crippen molar-refractivity contribution >= 4 is 11.4 Å². The predicted octanol–water partition coefficient (Wildman–Crippen LogP) is 6.57. The third kappa shape index (κ3) is 8.11. The number of hydrogen-bond donors (Lipinski definition) is 2. The summed E-state index contributed by atoms with van der Waals surface area (Å²) in [5.41, 5.74) is -0.969. The molecule has 2 aliphatic rings. The van der Waals surface area contributed by atoms with E-state index in [1.165, 1.54) is 48.5 Å². The molecule has 0 amide bonds. The first-order chi connectivity index (χ1) is 22.7. The van der Waals surface area contributed by atoms with E-state index in [1.54, 1.807) is 12.1 Å². The lowest BCUT2D eigenvalue weighted by atomic mass is 10.0. The quantitative estimate of drug-likeness (QED) is 0.238. The molecule has 4 heterocycles. The summed E-state index contributed by atoms with van der Waals surface area (Å²) in [5.74, 6) is 0. The highest BCUT2D eigenvalue weighted by Gasteiger charge is 2.35. The summed E-state index contributed by atoms with van der Waals surface area (Å²) in [4.78, 5) is 33.0. The molecular formula is C34H34F6N4O4. The topological polar surface area (TPSA) is 90.7 Å². The number of aromatic nitrogens is 2. The van der Waals surface area contributed by atoms with Gasteiger partial charge in [-0.2, -0.15) is 26.3 Å². The van der Waals surface area contributed by atoms with Gasteiger partial charge in [0.25, 0.3) is 0 Å². The Kier molecular flexibility index (Phi) is 10.3. The van der Waals surface area contributed by atoms with Gasteiger partial charge in [-0.25, -0.2) is 0 Å². The van der Waals surface area contributed by atoms with Crippen LogP contribution in [-0.2, 0) is 21.8 Å². The van der Waals surface area contributed by atoms with Crippen LogP contribution in [0.5, 0.6) is 0 Å². The molecule has 0 spiro atoms. The van der Waals surface area contributed by atoms with E-state index in [1.807, 2.05) is 23.6 Å². The number of benzene rings is 2. The molecular weight excluding hydrogens is 642 g/mol. The van der Waals surface area contributed by atoms with Gasteiger partial charge >= 0.3 is 12.4 Å². The summed E-state index contributed by atoms with van der Waals surface area (Å²) in [7, 11) is 0. The van der Waals surface area contributed by atoms with E-state index in [9.17, 15) is 35.9 Å². The second-order valence-corrected chi connectivity index (χ2v) is 11.6. The number of morpholine rings is 2. The van der Waals surface area contributed by atoms with Crippen LogP contribution in [0.3, 0.4) is 0 Å². The van der Waals surface area contributed by atoms with Crippen LogP contribution >= 0.6 is 0 Å². The maximum Gasteiger partial charge on any atom is 0.417 e. The Bertz CT molecular complexity index is 1700. The van der Waals surface area contributed by atoms with E-state index in [4.69, 9.17) is 9.47 Å². The predicted molar refractivity (Wildman–Crippen MR) is 170 cm³/mol. The highest BCUT2D eigenvalue weighted by Crippen LogP contribution is 2.38. The lowest BCUT2D eigenvalue weighted by Gasteiger charge is -2.35. The molecule has 0 radical (unpaired) electrons. The van der Waals surface area contributed by atoms with Crippen LogP contribution in [0, 0.1) is 0 Å². The SMILES string of the molecule is C[C@@H]1COCCN1c1cc(-c2ccccc2C(F)(F)F)[nH]c(=O)c1.C[C@H]1COCCN1c1cc(-c2ccccc2C(F)(F)F)[nH]c(=O)c1. The molecule has 6 rings (SSSR count). The van der Waals surface area contributed by atoms with Crippen molar-refractivity contribution in [1.29, 1.82) is 0 Å². The summed E-state index contributed by atoms with van der Waals surface area (Å²) in [6.45, 7) is 7.14. The van der Waals surface area contributed by atoms with E-state index in [0.29, 0.717) is 50.9 Å². The van der Waals surface area contributed by atoms with Crippen LogP contribution < -0.4 is 20.9 Å². The molecule has 0 bridgehead atoms. The monoisotopic (exact) mass is 676 g/mol. The number of pyridine rings is 2. The van der Waals surface area contributed by atoms with Crippen molar-refractivity contribution in [2.24, 2.45) is 0 Å². The summed E-state index contributed by atoms with van der Waals surface area (Å²) in [6.07, 6.45) is -8.98. The third-order valence-corrected chi connectivity index (χ3v) is 8.10. The van der Waals surface area contributed by atoms with Gasteiger partial charge in [-0.1, -0.05) is 36.4 Å². The number of rotatable bonds is 4. The van der Waals surface area contributed by atoms with Crippen molar-refractivity contribution in [1.82, 2.24) is 9.97 Å². The Morgan fingerprint density at radius 2 is 1.00 bits per heavy atom. The fraction of sp³-hybridized carbons (Fsp3) is 0.353. The molecule has 0 saturated carbocycles. The standard InChI is InChI=1S/2C17H17F3N2O2/c2*1-11-10-24-7-6-22(11)12-8-15(21-16(23)9-12)13-4-2-3-5-14(13)17(18,19)20/h2*2-5,8-9,11H,6-7,10H2,1H3,(H,21,23)/t2*11-/m10/s1. The zero-order valence-electron chi connectivity index (χ0n) is 26.1. The van der Waals surface area contributed by atoms with Gasteiger partial charge in [0.05, 0.1) is 48.9 Å². The van der Waals surface area contributed by atoms with Gasteiger partial charge in [0, 0.05) is 59.8 Å². The second kappa shape index (κ2) is 14.3. The molecule has 256 valence electrons. The lowest BCUT2D eigenvalue weighted by molar-refractivity contribution is -0.137. The number of nitrogens with one attached hydrogen (secondary N) is 2. The molecule has 2 aromatic heterocycles. The molecule has 14 heteroatoms. The maximum absolute atomic E-state index is 13.2. The first-order valence-electron chi connectivity index (χ1n) is 15.2. The number of alkyl halides is 6. The van der Waals surface area contributed by atoms with E-state index < -0.39 is 34.6 Å². The fourth-order valence-electron chi connectivity index (χ4n) is 5.83. The number of hydrogen-bond acceptors (Lipinski definition) is 6. The van der Waals surface area contributed by atoms with Gasteiger partial charge in [0.15, 0.2) is 0 Å². The number of halogens is 6. The van der Waals surface area contributed by atoms with Crippen LogP contribution in [0.1, 0.15) is 25.0 Å². The Balaban J connectivity index is 0.000000188. The van der Waals surface area contributed by atoms with Crippen LogP contribution in [0.15, 0.2) is 82.4 Å². The van der Waals surface area contributed by atoms with Gasteiger partial charge in [0.1, 0.15) is 0 Å². The van der Waals surface area contributed by atoms with Crippen LogP contribution in [0.4, 0.5) is 37.7 Å². The first-order valence-corrected chi connectivity index (χ1v) is 15.2. The van der Waals surface area contributed by atoms with E-state index in [-0.39, 0.29) is 34.6 Å². The van der Waals surface area contributed by atoms with E-state index in [2.05, 4.69) is 9.97 Å². The molecule has 2 fully saturated rings. The van der Waals surface area contributed by atoms with E-state index >= 15 is 0 Å². The summed E-state index contributed by atoms with van der Waals surface area (Å²) in [5, 5.41) is 0. The van der Waals surface area contributed by atoms with Gasteiger partial charge in [0.2, 0.25) is 11.1 Å². The lowest BCUT2D eigenvalue weighted by Crippen LogP contribution is -2.44.